The fourth-order valence-corrected chi connectivity index (χ4v) is 5.54. The monoisotopic (exact) mass is 539 g/mol. The van der Waals surface area contributed by atoms with Gasteiger partial charge in [0.05, 0.1) is 12.3 Å². The molecule has 2 aromatic carbocycles. The summed E-state index contributed by atoms with van der Waals surface area (Å²) in [6.45, 7) is 5.73. The van der Waals surface area contributed by atoms with E-state index in [1.165, 1.54) is 64.5 Å². The van der Waals surface area contributed by atoms with Gasteiger partial charge in [-0.1, -0.05) is 68.1 Å². The Morgan fingerprint density at radius 1 is 0.872 bits per heavy atom. The molecule has 1 amide bonds. The van der Waals surface area contributed by atoms with Crippen LogP contribution in [-0.4, -0.2) is 64.7 Å². The lowest BCUT2D eigenvalue weighted by atomic mass is 9.79. The molecule has 4 N–H and O–H groups in total. The number of piperidine rings is 1. The molecule has 0 aromatic heterocycles. The van der Waals surface area contributed by atoms with Crippen molar-refractivity contribution in [2.45, 2.75) is 69.9 Å². The second-order valence-electron chi connectivity index (χ2n) is 10.1. The van der Waals surface area contributed by atoms with Gasteiger partial charge in [0.1, 0.15) is 11.8 Å². The van der Waals surface area contributed by atoms with Crippen molar-refractivity contribution < 1.29 is 29.3 Å². The van der Waals surface area contributed by atoms with Gasteiger partial charge in [0.25, 0.3) is 0 Å². The van der Waals surface area contributed by atoms with Crippen molar-refractivity contribution in [1.82, 2.24) is 10.2 Å². The number of nitrogens with one attached hydrogen (secondary N) is 2. The zero-order chi connectivity index (χ0) is 28.1. The lowest BCUT2D eigenvalue weighted by molar-refractivity contribution is -0.159. The maximum atomic E-state index is 13.6. The number of hydrogen-bond donors (Lipinski definition) is 4. The van der Waals surface area contributed by atoms with E-state index >= 15 is 0 Å². The first kappa shape index (κ1) is 30.1. The molecule has 2 aliphatic rings. The highest BCUT2D eigenvalue weighted by Gasteiger charge is 2.39. The van der Waals surface area contributed by atoms with E-state index in [4.69, 9.17) is 24.5 Å². The highest BCUT2D eigenvalue weighted by atomic mass is 16.5. The SMILES string of the molecule is CCOc1ccccc1NC(=O)C(NCC1(N2CCCCC2)CCCCC1)c1ccccc1.O=C(O)C(=O)O. The Morgan fingerprint density at radius 2 is 1.46 bits per heavy atom. The number of benzene rings is 2. The third kappa shape index (κ3) is 8.80. The summed E-state index contributed by atoms with van der Waals surface area (Å²) in [4.78, 5) is 34.5. The molecule has 39 heavy (non-hydrogen) atoms. The van der Waals surface area contributed by atoms with Gasteiger partial charge in [-0.05, 0) is 63.4 Å². The Hall–Kier alpha value is -3.43. The molecule has 2 aromatic rings. The number of carboxylic acids is 2. The number of carboxylic acid groups (broad SMARTS) is 2. The van der Waals surface area contributed by atoms with Gasteiger partial charge in [0, 0.05) is 12.1 Å². The van der Waals surface area contributed by atoms with E-state index in [9.17, 15) is 4.79 Å². The van der Waals surface area contributed by atoms with Crippen LogP contribution >= 0.6 is 0 Å². The summed E-state index contributed by atoms with van der Waals surface area (Å²) in [6.07, 6.45) is 10.2. The smallest absolute Gasteiger partial charge is 0.414 e. The Morgan fingerprint density at radius 3 is 2.08 bits per heavy atom. The summed E-state index contributed by atoms with van der Waals surface area (Å²) in [6, 6.07) is 17.3. The predicted octanol–water partition coefficient (Wildman–Crippen LogP) is 4.70. The van der Waals surface area contributed by atoms with Crippen LogP contribution in [0.4, 0.5) is 5.69 Å². The number of rotatable bonds is 9. The molecule has 1 aliphatic heterocycles. The van der Waals surface area contributed by atoms with Crippen LogP contribution in [0.25, 0.3) is 0 Å². The van der Waals surface area contributed by atoms with Gasteiger partial charge in [-0.25, -0.2) is 9.59 Å². The zero-order valence-corrected chi connectivity index (χ0v) is 22.7. The van der Waals surface area contributed by atoms with Gasteiger partial charge in [-0.15, -0.1) is 0 Å². The van der Waals surface area contributed by atoms with E-state index in [0.29, 0.717) is 12.4 Å². The highest BCUT2D eigenvalue weighted by molar-refractivity contribution is 6.27. The lowest BCUT2D eigenvalue weighted by Crippen LogP contribution is -2.58. The standard InChI is InChI=1S/C28H39N3O2.C2H2O4/c1-2-33-25-17-9-8-16-24(25)30-27(32)26(23-14-6-3-7-15-23)29-22-28(18-10-4-11-19-28)31-20-12-5-13-21-31;3-1(4)2(5)6/h3,6-9,14-17,26,29H,2,4-5,10-13,18-22H2,1H3,(H,30,32);(H,3,4)(H,5,6). The van der Waals surface area contributed by atoms with Gasteiger partial charge in [-0.3, -0.25) is 9.69 Å². The molecule has 1 unspecified atom stereocenters. The molecule has 1 atom stereocenters. The Kier molecular flexibility index (Phi) is 11.8. The van der Waals surface area contributed by atoms with E-state index in [0.717, 1.165) is 17.8 Å². The predicted molar refractivity (Wildman–Crippen MR) is 150 cm³/mol. The minimum absolute atomic E-state index is 0.0436. The number of nitrogens with zero attached hydrogens (tertiary/aromatic N) is 1. The highest BCUT2D eigenvalue weighted by Crippen LogP contribution is 2.36. The molecular formula is C30H41N3O6. The lowest BCUT2D eigenvalue weighted by Gasteiger charge is -2.49. The van der Waals surface area contributed by atoms with Crippen LogP contribution in [0.5, 0.6) is 5.75 Å². The molecule has 1 saturated carbocycles. The fraction of sp³-hybridized carbons (Fsp3) is 0.500. The van der Waals surface area contributed by atoms with Crippen molar-refractivity contribution in [3.63, 3.8) is 0 Å². The van der Waals surface area contributed by atoms with E-state index in [-0.39, 0.29) is 11.4 Å². The van der Waals surface area contributed by atoms with Gasteiger partial charge in [0.15, 0.2) is 0 Å². The van der Waals surface area contributed by atoms with Crippen LogP contribution in [-0.2, 0) is 14.4 Å². The summed E-state index contributed by atoms with van der Waals surface area (Å²) in [7, 11) is 0. The van der Waals surface area contributed by atoms with Crippen molar-refractivity contribution in [3.8, 4) is 5.75 Å². The molecule has 2 fully saturated rings. The van der Waals surface area contributed by atoms with E-state index in [2.05, 4.69) is 15.5 Å². The first-order valence-electron chi connectivity index (χ1n) is 13.9. The maximum Gasteiger partial charge on any atom is 0.414 e. The minimum atomic E-state index is -1.82. The number of ether oxygens (including phenoxy) is 1. The second kappa shape index (κ2) is 15.2. The summed E-state index contributed by atoms with van der Waals surface area (Å²) >= 11 is 0. The minimum Gasteiger partial charge on any atom is -0.492 e. The molecule has 1 aliphatic carbocycles. The van der Waals surface area contributed by atoms with Gasteiger partial charge >= 0.3 is 11.9 Å². The van der Waals surface area contributed by atoms with Crippen LogP contribution < -0.4 is 15.4 Å². The van der Waals surface area contributed by atoms with E-state index in [1.807, 2.05) is 61.5 Å². The van der Waals surface area contributed by atoms with E-state index < -0.39 is 18.0 Å². The quantitative estimate of drug-likeness (QED) is 0.338. The van der Waals surface area contributed by atoms with Crippen molar-refractivity contribution in [2.24, 2.45) is 0 Å². The molecule has 0 spiro atoms. The third-order valence-electron chi connectivity index (χ3n) is 7.47. The number of carbonyl (C=O) groups is 3. The second-order valence-corrected chi connectivity index (χ2v) is 10.1. The number of carbonyl (C=O) groups excluding carboxylic acids is 1. The number of likely N-dealkylation sites (tertiary alicyclic amines) is 1. The normalized spacial score (nSPS) is 17.7. The first-order valence-corrected chi connectivity index (χ1v) is 13.9. The number of amides is 1. The molecule has 212 valence electrons. The zero-order valence-electron chi connectivity index (χ0n) is 22.7. The Bertz CT molecular complexity index is 1050. The van der Waals surface area contributed by atoms with Crippen LogP contribution in [0.1, 0.15) is 69.9 Å². The van der Waals surface area contributed by atoms with Gasteiger partial charge in [-0.2, -0.15) is 0 Å². The van der Waals surface area contributed by atoms with Crippen LogP contribution in [0, 0.1) is 0 Å². The van der Waals surface area contributed by atoms with Crippen molar-refractivity contribution in [3.05, 3.63) is 60.2 Å². The fourth-order valence-electron chi connectivity index (χ4n) is 5.54. The van der Waals surface area contributed by atoms with Crippen molar-refractivity contribution in [1.29, 1.82) is 0 Å². The molecule has 0 bridgehead atoms. The van der Waals surface area contributed by atoms with Crippen LogP contribution in [0.2, 0.25) is 0 Å². The van der Waals surface area contributed by atoms with Crippen molar-refractivity contribution in [2.75, 3.05) is 31.6 Å². The van der Waals surface area contributed by atoms with Crippen LogP contribution in [0.3, 0.4) is 0 Å². The number of aliphatic carboxylic acids is 2. The van der Waals surface area contributed by atoms with Crippen LogP contribution in [0.15, 0.2) is 54.6 Å². The topological polar surface area (TPSA) is 128 Å². The Balaban J connectivity index is 0.000000631. The molecule has 1 saturated heterocycles. The molecule has 4 rings (SSSR count). The number of para-hydroxylation sites is 2. The number of anilines is 1. The molecular weight excluding hydrogens is 498 g/mol. The Labute approximate surface area is 230 Å². The third-order valence-corrected chi connectivity index (χ3v) is 7.47. The molecule has 9 nitrogen and oxygen atoms in total. The van der Waals surface area contributed by atoms with Gasteiger partial charge < -0.3 is 25.6 Å². The largest absolute Gasteiger partial charge is 0.492 e. The summed E-state index contributed by atoms with van der Waals surface area (Å²) in [5, 5.41) is 21.6. The molecule has 0 radical (unpaired) electrons. The van der Waals surface area contributed by atoms with Gasteiger partial charge in [0.2, 0.25) is 5.91 Å². The summed E-state index contributed by atoms with van der Waals surface area (Å²) in [5.41, 5.74) is 1.87. The molecule has 1 heterocycles. The number of hydrogen-bond acceptors (Lipinski definition) is 6. The average molecular weight is 540 g/mol. The maximum absolute atomic E-state index is 13.6. The summed E-state index contributed by atoms with van der Waals surface area (Å²) in [5.74, 6) is -2.99. The summed E-state index contributed by atoms with van der Waals surface area (Å²) < 4.78 is 5.73. The average Bonchev–Trinajstić information content (AvgIpc) is 2.96. The van der Waals surface area contributed by atoms with E-state index in [1.54, 1.807) is 0 Å². The van der Waals surface area contributed by atoms with Crippen molar-refractivity contribution >= 4 is 23.5 Å². The first-order chi connectivity index (χ1) is 18.9. The molecule has 9 heteroatoms.